The molecule has 0 aliphatic rings. The second kappa shape index (κ2) is 4.22. The number of hydrogen-bond acceptors (Lipinski definition) is 1. The summed E-state index contributed by atoms with van der Waals surface area (Å²) in [5.74, 6) is -0.943. The fourth-order valence-corrected chi connectivity index (χ4v) is 1.09. The highest BCUT2D eigenvalue weighted by molar-refractivity contribution is 6.30. The molecular weight excluding hydrogens is 243 g/mol. The molecule has 1 rings (SSSR count). The molecule has 1 aromatic rings. The van der Waals surface area contributed by atoms with E-state index < -0.39 is 24.1 Å². The highest BCUT2D eigenvalue weighted by Gasteiger charge is 2.33. The van der Waals surface area contributed by atoms with Gasteiger partial charge < -0.3 is 4.74 Å². The molecule has 0 spiro atoms. The smallest absolute Gasteiger partial charge is 0.405 e. The number of ether oxygens (including phenoxy) is 1. The molecule has 0 unspecified atom stereocenters. The Morgan fingerprint density at radius 3 is 2.27 bits per heavy atom. The Morgan fingerprint density at radius 1 is 1.20 bits per heavy atom. The number of hydrogen-bond donors (Lipinski definition) is 0. The van der Waals surface area contributed by atoms with E-state index in [4.69, 9.17) is 11.6 Å². The van der Waals surface area contributed by atoms with Gasteiger partial charge in [0.25, 0.3) is 6.43 Å². The van der Waals surface area contributed by atoms with Crippen LogP contribution in [0.5, 0.6) is 5.75 Å². The molecule has 0 aliphatic heterocycles. The van der Waals surface area contributed by atoms with E-state index in [1.54, 1.807) is 0 Å². The van der Waals surface area contributed by atoms with Crippen molar-refractivity contribution in [2.75, 3.05) is 0 Å². The predicted octanol–water partition coefficient (Wildman–Crippen LogP) is 4.18. The van der Waals surface area contributed by atoms with Crippen molar-refractivity contribution in [3.8, 4) is 5.75 Å². The van der Waals surface area contributed by atoms with Gasteiger partial charge in [0.2, 0.25) is 0 Å². The first-order chi connectivity index (χ1) is 6.79. The fourth-order valence-electron chi connectivity index (χ4n) is 0.907. The molecule has 0 aliphatic carbocycles. The van der Waals surface area contributed by atoms with Crippen molar-refractivity contribution < 1.29 is 26.7 Å². The van der Waals surface area contributed by atoms with Crippen LogP contribution in [-0.4, -0.2) is 6.36 Å². The molecular formula is C8H4ClF5O. The maximum absolute atomic E-state index is 12.3. The lowest BCUT2D eigenvalue weighted by Crippen LogP contribution is -2.18. The van der Waals surface area contributed by atoms with Crippen molar-refractivity contribution in [3.63, 3.8) is 0 Å². The summed E-state index contributed by atoms with van der Waals surface area (Å²) in [6, 6.07) is 2.51. The van der Waals surface area contributed by atoms with Gasteiger partial charge >= 0.3 is 6.36 Å². The second-order valence-electron chi connectivity index (χ2n) is 2.53. The highest BCUT2D eigenvalue weighted by atomic mass is 35.5. The van der Waals surface area contributed by atoms with Gasteiger partial charge in [-0.3, -0.25) is 0 Å². The Morgan fingerprint density at radius 2 is 1.80 bits per heavy atom. The van der Waals surface area contributed by atoms with E-state index in [0.29, 0.717) is 0 Å². The van der Waals surface area contributed by atoms with E-state index in [1.165, 1.54) is 0 Å². The molecule has 0 saturated heterocycles. The van der Waals surface area contributed by atoms with Gasteiger partial charge in [-0.25, -0.2) is 8.78 Å². The number of alkyl halides is 5. The molecule has 0 radical (unpaired) electrons. The van der Waals surface area contributed by atoms with Crippen LogP contribution in [0.2, 0.25) is 5.02 Å². The normalized spacial score (nSPS) is 11.9. The summed E-state index contributed by atoms with van der Waals surface area (Å²) in [5.41, 5.74) is -0.889. The number of halogens is 6. The average molecular weight is 247 g/mol. The zero-order chi connectivity index (χ0) is 11.6. The van der Waals surface area contributed by atoms with Crippen LogP contribution in [0.3, 0.4) is 0 Å². The summed E-state index contributed by atoms with van der Waals surface area (Å²) in [4.78, 5) is 0. The molecule has 0 amide bonds. The van der Waals surface area contributed by atoms with Gasteiger partial charge in [-0.1, -0.05) is 11.6 Å². The molecule has 1 nitrogen and oxygen atoms in total. The summed E-state index contributed by atoms with van der Waals surface area (Å²) in [5, 5.41) is -0.0835. The van der Waals surface area contributed by atoms with Crippen LogP contribution in [0.25, 0.3) is 0 Å². The van der Waals surface area contributed by atoms with E-state index in [1.807, 2.05) is 0 Å². The minimum Gasteiger partial charge on any atom is -0.405 e. The van der Waals surface area contributed by atoms with Crippen molar-refractivity contribution in [1.29, 1.82) is 0 Å². The molecule has 0 fully saturated rings. The molecule has 0 N–H and O–H groups in total. The topological polar surface area (TPSA) is 9.23 Å². The van der Waals surface area contributed by atoms with Crippen LogP contribution in [0, 0.1) is 0 Å². The Labute approximate surface area is 86.4 Å². The predicted molar refractivity (Wildman–Crippen MR) is 43.1 cm³/mol. The monoisotopic (exact) mass is 246 g/mol. The lowest BCUT2D eigenvalue weighted by Gasteiger charge is -2.12. The van der Waals surface area contributed by atoms with Gasteiger partial charge in [0.15, 0.2) is 0 Å². The lowest BCUT2D eigenvalue weighted by atomic mass is 10.2. The van der Waals surface area contributed by atoms with Crippen molar-refractivity contribution in [2.45, 2.75) is 12.8 Å². The van der Waals surface area contributed by atoms with Gasteiger partial charge in [0.1, 0.15) is 5.75 Å². The van der Waals surface area contributed by atoms with Crippen LogP contribution >= 0.6 is 11.6 Å². The SMILES string of the molecule is FC(F)c1cc(Cl)ccc1OC(F)(F)F. The fraction of sp³-hybridized carbons (Fsp3) is 0.250. The number of benzene rings is 1. The van der Waals surface area contributed by atoms with Crippen LogP contribution in [-0.2, 0) is 0 Å². The zero-order valence-electron chi connectivity index (χ0n) is 6.99. The summed E-state index contributed by atoms with van der Waals surface area (Å²) >= 11 is 5.36. The van der Waals surface area contributed by atoms with Crippen LogP contribution in [0.15, 0.2) is 18.2 Å². The maximum Gasteiger partial charge on any atom is 0.573 e. The minimum atomic E-state index is -5.00. The van der Waals surface area contributed by atoms with E-state index in [0.717, 1.165) is 18.2 Å². The maximum atomic E-state index is 12.3. The third kappa shape index (κ3) is 3.54. The molecule has 15 heavy (non-hydrogen) atoms. The molecule has 1 aromatic carbocycles. The van der Waals surface area contributed by atoms with Crippen LogP contribution in [0.4, 0.5) is 22.0 Å². The summed E-state index contributed by atoms with van der Waals surface area (Å²) in [6.07, 6.45) is -8.08. The summed E-state index contributed by atoms with van der Waals surface area (Å²) in [7, 11) is 0. The van der Waals surface area contributed by atoms with Crippen molar-refractivity contribution in [3.05, 3.63) is 28.8 Å². The molecule has 0 heterocycles. The van der Waals surface area contributed by atoms with Crippen LogP contribution in [0.1, 0.15) is 12.0 Å². The molecule has 0 saturated carbocycles. The second-order valence-corrected chi connectivity index (χ2v) is 2.97. The summed E-state index contributed by atoms with van der Waals surface area (Å²) in [6.45, 7) is 0. The van der Waals surface area contributed by atoms with Crippen molar-refractivity contribution in [2.24, 2.45) is 0 Å². The summed E-state index contributed by atoms with van der Waals surface area (Å²) < 4.78 is 63.3. The molecule has 84 valence electrons. The molecule has 0 bridgehead atoms. The third-order valence-electron chi connectivity index (χ3n) is 1.43. The Bertz CT molecular complexity index is 349. The van der Waals surface area contributed by atoms with Gasteiger partial charge in [-0.2, -0.15) is 0 Å². The van der Waals surface area contributed by atoms with Gasteiger partial charge in [-0.05, 0) is 18.2 Å². The first-order valence-electron chi connectivity index (χ1n) is 3.63. The first-order valence-corrected chi connectivity index (χ1v) is 4.01. The number of rotatable bonds is 2. The van der Waals surface area contributed by atoms with E-state index >= 15 is 0 Å². The zero-order valence-corrected chi connectivity index (χ0v) is 7.74. The Kier molecular flexibility index (Phi) is 3.38. The van der Waals surface area contributed by atoms with E-state index in [2.05, 4.69) is 4.74 Å². The third-order valence-corrected chi connectivity index (χ3v) is 1.67. The minimum absolute atomic E-state index is 0.0835. The Hall–Kier alpha value is -1.04. The van der Waals surface area contributed by atoms with E-state index in [9.17, 15) is 22.0 Å². The van der Waals surface area contributed by atoms with Crippen molar-refractivity contribution >= 4 is 11.6 Å². The van der Waals surface area contributed by atoms with Crippen LogP contribution < -0.4 is 4.74 Å². The first kappa shape index (κ1) is 12.0. The van der Waals surface area contributed by atoms with Crippen molar-refractivity contribution in [1.82, 2.24) is 0 Å². The van der Waals surface area contributed by atoms with Gasteiger partial charge in [0, 0.05) is 5.02 Å². The van der Waals surface area contributed by atoms with Gasteiger partial charge in [-0.15, -0.1) is 13.2 Å². The van der Waals surface area contributed by atoms with Gasteiger partial charge in [0.05, 0.1) is 5.56 Å². The van der Waals surface area contributed by atoms with E-state index in [-0.39, 0.29) is 5.02 Å². The standard InChI is InChI=1S/C8H4ClF5O/c9-4-1-2-6(15-8(12,13)14)5(3-4)7(10)11/h1-3,7H. The quantitative estimate of drug-likeness (QED) is 0.712. The molecule has 0 atom stereocenters. The lowest BCUT2D eigenvalue weighted by molar-refractivity contribution is -0.275. The molecule has 0 aromatic heterocycles. The Balaban J connectivity index is 3.06. The molecule has 7 heteroatoms. The largest absolute Gasteiger partial charge is 0.573 e. The highest BCUT2D eigenvalue weighted by Crippen LogP contribution is 2.34. The average Bonchev–Trinajstić information content (AvgIpc) is 2.05.